The molecule has 0 radical (unpaired) electrons. The second-order valence-corrected chi connectivity index (χ2v) is 9.13. The maximum atomic E-state index is 12.6. The quantitative estimate of drug-likeness (QED) is 0.521. The van der Waals surface area contributed by atoms with Gasteiger partial charge in [0.25, 0.3) is 0 Å². The molecular formula is C20H29N5O4S. The van der Waals surface area contributed by atoms with Crippen LogP contribution < -0.4 is 10.1 Å². The fourth-order valence-corrected chi connectivity index (χ4v) is 4.82. The van der Waals surface area contributed by atoms with Crippen LogP contribution in [0.3, 0.4) is 0 Å². The van der Waals surface area contributed by atoms with Crippen LogP contribution in [0.4, 0.5) is 0 Å². The van der Waals surface area contributed by atoms with Crippen molar-refractivity contribution in [2.24, 2.45) is 4.99 Å². The number of nitrogens with one attached hydrogen (secondary N) is 1. The van der Waals surface area contributed by atoms with Crippen LogP contribution >= 0.6 is 0 Å². The summed E-state index contributed by atoms with van der Waals surface area (Å²) in [5.41, 5.74) is 2.60. The molecule has 1 aliphatic heterocycles. The highest BCUT2D eigenvalue weighted by atomic mass is 32.2. The summed E-state index contributed by atoms with van der Waals surface area (Å²) in [6.07, 6.45) is 1.38. The number of aliphatic imine (C=N–C) groups is 1. The molecule has 0 aliphatic carbocycles. The van der Waals surface area contributed by atoms with Crippen molar-refractivity contribution in [1.82, 2.24) is 19.7 Å². The molecule has 0 spiro atoms. The Kier molecular flexibility index (Phi) is 7.33. The lowest BCUT2D eigenvalue weighted by Crippen LogP contribution is -2.53. The number of benzene rings is 1. The number of sulfonamides is 1. The van der Waals surface area contributed by atoms with Crippen LogP contribution in [0.15, 0.2) is 40.0 Å². The number of aryl methyl sites for hydroxylation is 1. The van der Waals surface area contributed by atoms with E-state index in [0.717, 1.165) is 29.4 Å². The van der Waals surface area contributed by atoms with Crippen molar-refractivity contribution in [2.45, 2.75) is 26.1 Å². The van der Waals surface area contributed by atoms with E-state index in [0.29, 0.717) is 38.4 Å². The van der Waals surface area contributed by atoms with Crippen LogP contribution in [-0.4, -0.2) is 68.6 Å². The van der Waals surface area contributed by atoms with Crippen molar-refractivity contribution in [3.05, 3.63) is 47.3 Å². The normalized spacial score (nSPS) is 16.0. The Bertz CT molecular complexity index is 952. The van der Waals surface area contributed by atoms with Crippen LogP contribution in [0.1, 0.15) is 23.7 Å². The highest BCUT2D eigenvalue weighted by Gasteiger charge is 2.29. The molecule has 0 bridgehead atoms. The van der Waals surface area contributed by atoms with Crippen LogP contribution in [0.2, 0.25) is 0 Å². The highest BCUT2D eigenvalue weighted by Crippen LogP contribution is 2.17. The summed E-state index contributed by atoms with van der Waals surface area (Å²) < 4.78 is 36.8. The molecule has 0 unspecified atom stereocenters. The van der Waals surface area contributed by atoms with Crippen molar-refractivity contribution >= 4 is 16.0 Å². The van der Waals surface area contributed by atoms with Gasteiger partial charge in [0.1, 0.15) is 17.8 Å². The maximum absolute atomic E-state index is 12.6. The van der Waals surface area contributed by atoms with Gasteiger partial charge in [-0.2, -0.15) is 4.31 Å². The summed E-state index contributed by atoms with van der Waals surface area (Å²) >= 11 is 0. The van der Waals surface area contributed by atoms with Crippen LogP contribution in [0, 0.1) is 6.92 Å². The molecule has 10 heteroatoms. The first-order valence-electron chi connectivity index (χ1n) is 9.96. The van der Waals surface area contributed by atoms with E-state index < -0.39 is 10.0 Å². The monoisotopic (exact) mass is 435 g/mol. The van der Waals surface area contributed by atoms with E-state index in [9.17, 15) is 8.42 Å². The van der Waals surface area contributed by atoms with Gasteiger partial charge in [0, 0.05) is 38.8 Å². The van der Waals surface area contributed by atoms with Crippen molar-refractivity contribution in [3.63, 3.8) is 0 Å². The zero-order chi connectivity index (χ0) is 21.6. The standard InChI is InChI=1S/C20H29N5O4S/c1-4-21-20(22-14-17-11-16(2)12-19(13-17)28-3)24-6-8-25(9-7-24)30(26,27)15-18-5-10-29-23-18/h5,10-13H,4,6-9,14-15H2,1-3H3,(H,21,22). The predicted octanol–water partition coefficient (Wildman–Crippen LogP) is 1.60. The fraction of sp³-hybridized carbons (Fsp3) is 0.500. The van der Waals surface area contributed by atoms with Crippen molar-refractivity contribution in [1.29, 1.82) is 0 Å². The maximum Gasteiger partial charge on any atom is 0.220 e. The smallest absolute Gasteiger partial charge is 0.220 e. The van der Waals surface area contributed by atoms with E-state index in [1.54, 1.807) is 13.2 Å². The second-order valence-electron chi connectivity index (χ2n) is 7.16. The molecule has 2 heterocycles. The molecule has 1 saturated heterocycles. The Morgan fingerprint density at radius 2 is 2.03 bits per heavy atom. The summed E-state index contributed by atoms with van der Waals surface area (Å²) in [4.78, 5) is 6.85. The fourth-order valence-electron chi connectivity index (χ4n) is 3.39. The molecule has 0 atom stereocenters. The molecule has 30 heavy (non-hydrogen) atoms. The first kappa shape index (κ1) is 22.1. The molecule has 2 aromatic rings. The Morgan fingerprint density at radius 1 is 1.27 bits per heavy atom. The zero-order valence-electron chi connectivity index (χ0n) is 17.7. The molecule has 0 saturated carbocycles. The zero-order valence-corrected chi connectivity index (χ0v) is 18.5. The van der Waals surface area contributed by atoms with Gasteiger partial charge in [-0.3, -0.25) is 0 Å². The summed E-state index contributed by atoms with van der Waals surface area (Å²) in [6, 6.07) is 7.62. The third-order valence-electron chi connectivity index (χ3n) is 4.85. The molecule has 1 aromatic heterocycles. The number of aromatic nitrogens is 1. The van der Waals surface area contributed by atoms with Gasteiger partial charge < -0.3 is 19.5 Å². The molecular weight excluding hydrogens is 406 g/mol. The first-order valence-corrected chi connectivity index (χ1v) is 11.6. The summed E-state index contributed by atoms with van der Waals surface area (Å²) in [5.74, 6) is 1.45. The van der Waals surface area contributed by atoms with E-state index in [4.69, 9.17) is 14.3 Å². The number of piperazine rings is 1. The highest BCUT2D eigenvalue weighted by molar-refractivity contribution is 7.88. The van der Waals surface area contributed by atoms with Gasteiger partial charge in [-0.05, 0) is 37.1 Å². The van der Waals surface area contributed by atoms with Crippen molar-refractivity contribution in [3.8, 4) is 5.75 Å². The van der Waals surface area contributed by atoms with Crippen LogP contribution in [-0.2, 0) is 22.3 Å². The number of ether oxygens (including phenoxy) is 1. The van der Waals surface area contributed by atoms with E-state index >= 15 is 0 Å². The Balaban J connectivity index is 1.64. The van der Waals surface area contributed by atoms with Crippen molar-refractivity contribution in [2.75, 3.05) is 39.8 Å². The molecule has 164 valence electrons. The van der Waals surface area contributed by atoms with Gasteiger partial charge in [-0.1, -0.05) is 11.2 Å². The average molecular weight is 436 g/mol. The van der Waals surface area contributed by atoms with Gasteiger partial charge in [0.15, 0.2) is 5.96 Å². The molecule has 0 amide bonds. The van der Waals surface area contributed by atoms with Crippen LogP contribution in [0.5, 0.6) is 5.75 Å². The molecule has 1 N–H and O–H groups in total. The Hall–Kier alpha value is -2.59. The van der Waals surface area contributed by atoms with Gasteiger partial charge in [0.2, 0.25) is 10.0 Å². The third kappa shape index (κ3) is 5.73. The Morgan fingerprint density at radius 3 is 2.67 bits per heavy atom. The lowest BCUT2D eigenvalue weighted by Gasteiger charge is -2.35. The van der Waals surface area contributed by atoms with Gasteiger partial charge >= 0.3 is 0 Å². The van der Waals surface area contributed by atoms with E-state index in [2.05, 4.69) is 21.4 Å². The molecule has 9 nitrogen and oxygen atoms in total. The largest absolute Gasteiger partial charge is 0.497 e. The summed E-state index contributed by atoms with van der Waals surface area (Å²) in [5, 5.41) is 7.02. The number of rotatable bonds is 7. The molecule has 1 aromatic carbocycles. The van der Waals surface area contributed by atoms with E-state index in [-0.39, 0.29) is 5.75 Å². The van der Waals surface area contributed by atoms with Gasteiger partial charge in [-0.25, -0.2) is 13.4 Å². The molecule has 3 rings (SSSR count). The molecule has 1 aliphatic rings. The molecule has 1 fully saturated rings. The predicted molar refractivity (Wildman–Crippen MR) is 115 cm³/mol. The minimum absolute atomic E-state index is 0.146. The summed E-state index contributed by atoms with van der Waals surface area (Å²) in [6.45, 7) is 7.25. The van der Waals surface area contributed by atoms with E-state index in [1.165, 1.54) is 10.6 Å². The topological polar surface area (TPSA) is 100 Å². The number of hydrogen-bond acceptors (Lipinski definition) is 6. The lowest BCUT2D eigenvalue weighted by atomic mass is 10.1. The minimum Gasteiger partial charge on any atom is -0.497 e. The van der Waals surface area contributed by atoms with Gasteiger partial charge in [0.05, 0.1) is 19.3 Å². The summed E-state index contributed by atoms with van der Waals surface area (Å²) in [7, 11) is -1.77. The second kappa shape index (κ2) is 9.94. The van der Waals surface area contributed by atoms with Crippen molar-refractivity contribution < 1.29 is 17.7 Å². The third-order valence-corrected chi connectivity index (χ3v) is 6.66. The average Bonchev–Trinajstić information content (AvgIpc) is 3.23. The van der Waals surface area contributed by atoms with Gasteiger partial charge in [-0.15, -0.1) is 0 Å². The SMILES string of the molecule is CCNC(=NCc1cc(C)cc(OC)c1)N1CCN(S(=O)(=O)Cc2ccon2)CC1. The lowest BCUT2D eigenvalue weighted by molar-refractivity contribution is 0.259. The Labute approximate surface area is 177 Å². The number of guanidine groups is 1. The number of methoxy groups -OCH3 is 1. The van der Waals surface area contributed by atoms with E-state index in [1.807, 2.05) is 26.0 Å². The number of hydrogen-bond donors (Lipinski definition) is 1. The first-order chi connectivity index (χ1) is 14.4. The minimum atomic E-state index is -3.43. The van der Waals surface area contributed by atoms with Crippen LogP contribution in [0.25, 0.3) is 0 Å². The number of nitrogens with zero attached hydrogens (tertiary/aromatic N) is 4.